The third kappa shape index (κ3) is 53.7. The number of esters is 1. The van der Waals surface area contributed by atoms with E-state index in [0.29, 0.717) is 19.4 Å². The van der Waals surface area contributed by atoms with Crippen molar-refractivity contribution < 1.29 is 24.5 Å². The van der Waals surface area contributed by atoms with Crippen molar-refractivity contribution in [2.24, 2.45) is 0 Å². The smallest absolute Gasteiger partial charge is 0.305 e. The van der Waals surface area contributed by atoms with Crippen molar-refractivity contribution in [3.05, 3.63) is 24.3 Å². The summed E-state index contributed by atoms with van der Waals surface area (Å²) in [6.45, 7) is 4.91. The highest BCUT2D eigenvalue weighted by molar-refractivity contribution is 5.76. The first kappa shape index (κ1) is 66.3. The lowest BCUT2D eigenvalue weighted by Crippen LogP contribution is -2.45. The molecule has 0 aliphatic heterocycles. The van der Waals surface area contributed by atoms with Crippen LogP contribution in [0.2, 0.25) is 0 Å². The van der Waals surface area contributed by atoms with E-state index >= 15 is 0 Å². The Morgan fingerprint density at radius 3 is 1.04 bits per heavy atom. The number of ether oxygens (including phenoxy) is 1. The SMILES string of the molecule is CCCCCCCCCCCCCC/C=C/C(O)C(CO)NC(=O)CCCCCCCCC/C=C\CCCCCCCCCCCCOC(=O)CCCCCCCCCCCCCCCCCC. The molecule has 3 N–H and O–H groups in total. The molecule has 0 aliphatic rings. The van der Waals surface area contributed by atoms with Gasteiger partial charge in [0.15, 0.2) is 0 Å². The van der Waals surface area contributed by atoms with E-state index in [0.717, 1.165) is 44.9 Å². The molecule has 68 heavy (non-hydrogen) atoms. The molecule has 0 aromatic heterocycles. The Bertz CT molecular complexity index is 1060. The molecule has 0 fully saturated rings. The minimum Gasteiger partial charge on any atom is -0.466 e. The number of aliphatic hydroxyl groups is 2. The Hall–Kier alpha value is -1.66. The van der Waals surface area contributed by atoms with Crippen LogP contribution in [-0.2, 0) is 14.3 Å². The summed E-state index contributed by atoms with van der Waals surface area (Å²) >= 11 is 0. The first-order valence-electron chi connectivity index (χ1n) is 30.6. The van der Waals surface area contributed by atoms with Gasteiger partial charge in [-0.05, 0) is 57.8 Å². The van der Waals surface area contributed by atoms with Crippen LogP contribution in [0, 0.1) is 0 Å². The van der Waals surface area contributed by atoms with Crippen molar-refractivity contribution in [1.82, 2.24) is 5.32 Å². The molecule has 6 nitrogen and oxygen atoms in total. The van der Waals surface area contributed by atoms with Crippen LogP contribution < -0.4 is 5.32 Å². The van der Waals surface area contributed by atoms with Crippen molar-refractivity contribution in [2.45, 2.75) is 347 Å². The number of rotatable bonds is 57. The Morgan fingerprint density at radius 2 is 0.691 bits per heavy atom. The van der Waals surface area contributed by atoms with Crippen molar-refractivity contribution >= 4 is 11.9 Å². The van der Waals surface area contributed by atoms with Crippen molar-refractivity contribution in [3.8, 4) is 0 Å². The molecule has 2 atom stereocenters. The number of hydrogen-bond donors (Lipinski definition) is 3. The Kier molecular flexibility index (Phi) is 56.5. The lowest BCUT2D eigenvalue weighted by Gasteiger charge is -2.20. The third-order valence-electron chi connectivity index (χ3n) is 14.2. The van der Waals surface area contributed by atoms with E-state index in [1.807, 2.05) is 6.08 Å². The maximum absolute atomic E-state index is 12.4. The van der Waals surface area contributed by atoms with Gasteiger partial charge in [-0.3, -0.25) is 9.59 Å². The summed E-state index contributed by atoms with van der Waals surface area (Å²) in [5.41, 5.74) is 0. The molecule has 0 saturated carbocycles. The number of carbonyl (C=O) groups is 2. The van der Waals surface area contributed by atoms with E-state index in [-0.39, 0.29) is 18.5 Å². The van der Waals surface area contributed by atoms with Gasteiger partial charge in [0.2, 0.25) is 5.91 Å². The van der Waals surface area contributed by atoms with Crippen LogP contribution in [0.1, 0.15) is 335 Å². The van der Waals surface area contributed by atoms with Gasteiger partial charge in [0.1, 0.15) is 0 Å². The van der Waals surface area contributed by atoms with Gasteiger partial charge < -0.3 is 20.3 Å². The fourth-order valence-electron chi connectivity index (χ4n) is 9.51. The number of hydrogen-bond acceptors (Lipinski definition) is 5. The topological polar surface area (TPSA) is 95.9 Å². The number of allylic oxidation sites excluding steroid dienone is 3. The van der Waals surface area contributed by atoms with Crippen molar-refractivity contribution in [3.63, 3.8) is 0 Å². The van der Waals surface area contributed by atoms with Crippen LogP contribution in [-0.4, -0.2) is 47.4 Å². The van der Waals surface area contributed by atoms with Gasteiger partial charge in [-0.15, -0.1) is 0 Å². The van der Waals surface area contributed by atoms with Crippen molar-refractivity contribution in [1.29, 1.82) is 0 Å². The van der Waals surface area contributed by atoms with Crippen LogP contribution in [0.4, 0.5) is 0 Å². The second-order valence-corrected chi connectivity index (χ2v) is 21.0. The van der Waals surface area contributed by atoms with E-state index in [4.69, 9.17) is 4.74 Å². The fraction of sp³-hybridized carbons (Fsp3) is 0.903. The third-order valence-corrected chi connectivity index (χ3v) is 14.2. The van der Waals surface area contributed by atoms with Gasteiger partial charge >= 0.3 is 5.97 Å². The lowest BCUT2D eigenvalue weighted by atomic mass is 10.0. The van der Waals surface area contributed by atoms with Crippen LogP contribution in [0.15, 0.2) is 24.3 Å². The number of amides is 1. The largest absolute Gasteiger partial charge is 0.466 e. The monoisotopic (exact) mass is 958 g/mol. The molecule has 1 amide bonds. The molecule has 2 unspecified atom stereocenters. The molecule has 0 aliphatic carbocycles. The van der Waals surface area contributed by atoms with E-state index in [1.165, 1.54) is 263 Å². The maximum atomic E-state index is 12.4. The van der Waals surface area contributed by atoms with Gasteiger partial charge in [0.05, 0.1) is 25.4 Å². The van der Waals surface area contributed by atoms with Gasteiger partial charge in [-0.25, -0.2) is 0 Å². The van der Waals surface area contributed by atoms with Crippen molar-refractivity contribution in [2.75, 3.05) is 13.2 Å². The maximum Gasteiger partial charge on any atom is 0.305 e. The summed E-state index contributed by atoms with van der Waals surface area (Å²) in [5.74, 6) is -0.0634. The molecular weight excluding hydrogens is 839 g/mol. The van der Waals surface area contributed by atoms with E-state index < -0.39 is 12.1 Å². The van der Waals surface area contributed by atoms with Crippen LogP contribution in [0.25, 0.3) is 0 Å². The second-order valence-electron chi connectivity index (χ2n) is 21.0. The zero-order valence-corrected chi connectivity index (χ0v) is 45.9. The Labute approximate surface area is 424 Å². The van der Waals surface area contributed by atoms with Gasteiger partial charge in [-0.2, -0.15) is 0 Å². The van der Waals surface area contributed by atoms with Crippen LogP contribution in [0.3, 0.4) is 0 Å². The van der Waals surface area contributed by atoms with E-state index in [2.05, 4.69) is 31.3 Å². The number of unbranched alkanes of at least 4 members (excludes halogenated alkanes) is 44. The van der Waals surface area contributed by atoms with E-state index in [1.54, 1.807) is 6.08 Å². The number of nitrogens with one attached hydrogen (secondary N) is 1. The summed E-state index contributed by atoms with van der Waals surface area (Å²) in [5, 5.41) is 23.1. The minimum absolute atomic E-state index is 0.0113. The zero-order valence-electron chi connectivity index (χ0n) is 45.9. The Morgan fingerprint density at radius 1 is 0.397 bits per heavy atom. The standard InChI is InChI=1S/C62H119NO5/c1-3-5-7-9-11-13-15-17-19-28-32-36-40-44-48-52-56-62(67)68-57-53-49-45-41-37-33-29-26-24-22-20-21-23-25-27-31-35-39-43-47-51-55-61(66)63-59(58-64)60(65)54-50-46-42-38-34-30-18-16-14-12-10-8-6-4-2/h21,23,50,54,59-60,64-65H,3-20,22,24-49,51-53,55-58H2,1-2H3,(H,63,66)/b23-21-,54-50+. The first-order chi connectivity index (χ1) is 33.5. The molecule has 6 heteroatoms. The summed E-state index contributed by atoms with van der Waals surface area (Å²) < 4.78 is 5.49. The van der Waals surface area contributed by atoms with Crippen LogP contribution >= 0.6 is 0 Å². The zero-order chi connectivity index (χ0) is 49.3. The molecule has 402 valence electrons. The summed E-state index contributed by atoms with van der Waals surface area (Å²) in [7, 11) is 0. The molecule has 0 spiro atoms. The summed E-state index contributed by atoms with van der Waals surface area (Å²) in [6, 6.07) is -0.633. The molecule has 0 radical (unpaired) electrons. The van der Waals surface area contributed by atoms with Gasteiger partial charge in [0.25, 0.3) is 0 Å². The quantitative estimate of drug-likeness (QED) is 0.0321. The normalized spacial score (nSPS) is 12.7. The Balaban J connectivity index is 3.42. The highest BCUT2D eigenvalue weighted by Crippen LogP contribution is 2.17. The molecule has 0 saturated heterocycles. The van der Waals surface area contributed by atoms with Gasteiger partial charge in [0, 0.05) is 12.8 Å². The molecular formula is C62H119NO5. The minimum atomic E-state index is -0.848. The average molecular weight is 959 g/mol. The highest BCUT2D eigenvalue weighted by atomic mass is 16.5. The van der Waals surface area contributed by atoms with E-state index in [9.17, 15) is 19.8 Å². The first-order valence-corrected chi connectivity index (χ1v) is 30.6. The number of aliphatic hydroxyl groups excluding tert-OH is 2. The van der Waals surface area contributed by atoms with Gasteiger partial charge in [-0.1, -0.05) is 289 Å². The molecule has 0 aromatic rings. The molecule has 0 rings (SSSR count). The summed E-state index contributed by atoms with van der Waals surface area (Å²) in [4.78, 5) is 24.5. The molecule has 0 heterocycles. The predicted octanol–water partition coefficient (Wildman–Crippen LogP) is 19.0. The second kappa shape index (κ2) is 57.9. The number of carbonyl (C=O) groups excluding carboxylic acids is 2. The van der Waals surface area contributed by atoms with Crippen LogP contribution in [0.5, 0.6) is 0 Å². The fourth-order valence-corrected chi connectivity index (χ4v) is 9.51. The highest BCUT2D eigenvalue weighted by Gasteiger charge is 2.18. The summed E-state index contributed by atoms with van der Waals surface area (Å²) in [6.07, 6.45) is 70.7. The molecule has 0 bridgehead atoms. The predicted molar refractivity (Wildman–Crippen MR) is 296 cm³/mol. The lowest BCUT2D eigenvalue weighted by molar-refractivity contribution is -0.143. The average Bonchev–Trinajstić information content (AvgIpc) is 3.34. The molecule has 0 aromatic carbocycles.